The van der Waals surface area contributed by atoms with Crippen molar-refractivity contribution in [2.75, 3.05) is 19.7 Å². The van der Waals surface area contributed by atoms with Crippen LogP contribution >= 0.6 is 0 Å². The Morgan fingerprint density at radius 2 is 1.85 bits per heavy atom. The molecule has 3 aliphatic carbocycles. The van der Waals surface area contributed by atoms with Crippen molar-refractivity contribution in [3.63, 3.8) is 0 Å². The summed E-state index contributed by atoms with van der Waals surface area (Å²) in [6, 6.07) is -1.28. The summed E-state index contributed by atoms with van der Waals surface area (Å²) in [5, 5.41) is 26.1. The maximum Gasteiger partial charge on any atom is 0.309 e. The van der Waals surface area contributed by atoms with Crippen molar-refractivity contribution < 1.29 is 38.9 Å². The van der Waals surface area contributed by atoms with Crippen LogP contribution in [0, 0.1) is 40.4 Å². The smallest absolute Gasteiger partial charge is 0.309 e. The number of carbonyl (C=O) groups excluding carboxylic acids is 5. The van der Waals surface area contributed by atoms with Gasteiger partial charge in [0.2, 0.25) is 11.8 Å². The van der Waals surface area contributed by atoms with Gasteiger partial charge in [-0.25, -0.2) is 0 Å². The molecular formula is C37H57N3O8. The zero-order valence-electron chi connectivity index (χ0n) is 29.8. The van der Waals surface area contributed by atoms with E-state index in [9.17, 15) is 34.2 Å². The number of hydrogen-bond donors (Lipinski definition) is 4. The first-order valence-corrected chi connectivity index (χ1v) is 17.7. The number of nitrogens with two attached hydrogens (primary N) is 1. The number of hydrogen-bond acceptors (Lipinski definition) is 9. The number of esters is 1. The molecule has 11 nitrogen and oxygen atoms in total. The number of likely N-dealkylation sites (tertiary alicyclic amines) is 1. The fourth-order valence-electron chi connectivity index (χ4n) is 8.44. The lowest BCUT2D eigenvalue weighted by Gasteiger charge is -2.50. The molecule has 0 radical (unpaired) electrons. The second-order valence-electron chi connectivity index (χ2n) is 15.9. The third-order valence-corrected chi connectivity index (χ3v) is 12.2. The number of aliphatic hydroxyl groups excluding tert-OH is 1. The van der Waals surface area contributed by atoms with Crippen LogP contribution in [0.3, 0.4) is 0 Å². The third kappa shape index (κ3) is 7.33. The number of Topliss-reactive ketones (excluding diaryl/α,β-unsaturated/α-hetero) is 1. The lowest BCUT2D eigenvalue weighted by atomic mass is 9.57. The van der Waals surface area contributed by atoms with Gasteiger partial charge in [0, 0.05) is 24.9 Å². The van der Waals surface area contributed by atoms with Crippen LogP contribution in [0.25, 0.3) is 0 Å². The van der Waals surface area contributed by atoms with Crippen LogP contribution in [0.1, 0.15) is 93.4 Å². The molecule has 9 atom stereocenters. The molecule has 0 aromatic rings. The minimum absolute atomic E-state index is 0.0393. The number of amides is 2. The fraction of sp³-hybridized carbons (Fsp3) is 0.757. The average molecular weight is 672 g/mol. The molecular weight excluding hydrogens is 614 g/mol. The maximum atomic E-state index is 13.4. The zero-order valence-corrected chi connectivity index (χ0v) is 29.8. The first kappa shape index (κ1) is 37.9. The lowest BCUT2D eigenvalue weighted by molar-refractivity contribution is -0.163. The molecule has 5 N–H and O–H groups in total. The number of nitrogens with one attached hydrogen (secondary N) is 1. The summed E-state index contributed by atoms with van der Waals surface area (Å²) in [6.45, 7) is 13.3. The van der Waals surface area contributed by atoms with E-state index in [2.05, 4.69) is 5.32 Å². The van der Waals surface area contributed by atoms with E-state index < -0.39 is 59.0 Å². The summed E-state index contributed by atoms with van der Waals surface area (Å²) < 4.78 is 5.50. The van der Waals surface area contributed by atoms with Crippen LogP contribution in [0.5, 0.6) is 0 Å². The van der Waals surface area contributed by atoms with E-state index in [1.165, 1.54) is 0 Å². The topological polar surface area (TPSA) is 176 Å². The molecule has 268 valence electrons. The molecule has 1 aliphatic heterocycles. The molecule has 4 aliphatic rings. The van der Waals surface area contributed by atoms with E-state index in [0.29, 0.717) is 45.1 Å². The summed E-state index contributed by atoms with van der Waals surface area (Å²) in [5.41, 5.74) is 4.39. The van der Waals surface area contributed by atoms with Crippen LogP contribution < -0.4 is 11.1 Å². The van der Waals surface area contributed by atoms with E-state index in [-0.39, 0.29) is 54.1 Å². The number of ether oxygens (including phenoxy) is 1. The first-order chi connectivity index (χ1) is 22.4. The number of carbonyl (C=O) groups is 5. The van der Waals surface area contributed by atoms with Crippen molar-refractivity contribution in [3.05, 3.63) is 23.8 Å². The van der Waals surface area contributed by atoms with Gasteiger partial charge in [0.1, 0.15) is 12.6 Å². The highest BCUT2D eigenvalue weighted by Crippen LogP contribution is 2.56. The average Bonchev–Trinajstić information content (AvgIpc) is 3.66. The Balaban J connectivity index is 1.31. The summed E-state index contributed by atoms with van der Waals surface area (Å²) in [6.07, 6.45) is 7.74. The van der Waals surface area contributed by atoms with Gasteiger partial charge in [0.25, 0.3) is 0 Å². The first-order valence-electron chi connectivity index (χ1n) is 17.7. The highest BCUT2D eigenvalue weighted by Gasteiger charge is 2.59. The molecule has 0 spiro atoms. The quantitative estimate of drug-likeness (QED) is 0.227. The van der Waals surface area contributed by atoms with Crippen molar-refractivity contribution >= 4 is 29.4 Å². The molecule has 0 bridgehead atoms. The molecule has 1 saturated heterocycles. The van der Waals surface area contributed by atoms with Gasteiger partial charge in [0.15, 0.2) is 11.6 Å². The Morgan fingerprint density at radius 3 is 2.50 bits per heavy atom. The van der Waals surface area contributed by atoms with Crippen LogP contribution in [0.4, 0.5) is 0 Å². The lowest BCUT2D eigenvalue weighted by Crippen LogP contribution is -2.55. The van der Waals surface area contributed by atoms with E-state index in [1.54, 1.807) is 24.0 Å². The molecule has 4 rings (SSSR count). The molecule has 1 heterocycles. The Kier molecular flexibility index (Phi) is 11.5. The van der Waals surface area contributed by atoms with Gasteiger partial charge in [-0.2, -0.15) is 0 Å². The predicted octanol–water partition coefficient (Wildman–Crippen LogP) is 2.86. The van der Waals surface area contributed by atoms with Crippen LogP contribution in [0.15, 0.2) is 23.8 Å². The van der Waals surface area contributed by atoms with Crippen molar-refractivity contribution in [1.29, 1.82) is 0 Å². The largest absolute Gasteiger partial charge is 0.457 e. The predicted molar refractivity (Wildman–Crippen MR) is 180 cm³/mol. The monoisotopic (exact) mass is 671 g/mol. The van der Waals surface area contributed by atoms with Crippen molar-refractivity contribution in [2.24, 2.45) is 46.2 Å². The number of nitrogens with zero attached hydrogens (tertiary/aromatic N) is 1. The highest BCUT2D eigenvalue weighted by molar-refractivity contribution is 6.01. The molecule has 2 saturated carbocycles. The normalized spacial score (nSPS) is 33.2. The summed E-state index contributed by atoms with van der Waals surface area (Å²) in [5.74, 6) is -3.43. The number of ketones is 2. The molecule has 11 heteroatoms. The van der Waals surface area contributed by atoms with E-state index in [4.69, 9.17) is 10.5 Å². The summed E-state index contributed by atoms with van der Waals surface area (Å²) in [7, 11) is 0. The second-order valence-corrected chi connectivity index (χ2v) is 15.9. The van der Waals surface area contributed by atoms with E-state index in [0.717, 1.165) is 5.57 Å². The Hall–Kier alpha value is -2.89. The van der Waals surface area contributed by atoms with Gasteiger partial charge in [-0.15, -0.1) is 0 Å². The van der Waals surface area contributed by atoms with Crippen molar-refractivity contribution in [3.8, 4) is 0 Å². The van der Waals surface area contributed by atoms with E-state index in [1.807, 2.05) is 47.6 Å². The van der Waals surface area contributed by atoms with Gasteiger partial charge in [-0.3, -0.25) is 24.0 Å². The van der Waals surface area contributed by atoms with Crippen LogP contribution in [0.2, 0.25) is 0 Å². The number of aliphatic hydroxyl groups is 2. The van der Waals surface area contributed by atoms with Crippen LogP contribution in [-0.2, 0) is 28.7 Å². The Bertz CT molecular complexity index is 1340. The Morgan fingerprint density at radius 1 is 1.17 bits per heavy atom. The number of allylic oxidation sites excluding steroid dienone is 4. The second kappa shape index (κ2) is 14.5. The van der Waals surface area contributed by atoms with Crippen molar-refractivity contribution in [1.82, 2.24) is 10.2 Å². The molecule has 8 unspecified atom stereocenters. The molecule has 48 heavy (non-hydrogen) atoms. The molecule has 3 fully saturated rings. The van der Waals surface area contributed by atoms with Gasteiger partial charge < -0.3 is 30.9 Å². The van der Waals surface area contributed by atoms with Gasteiger partial charge in [-0.05, 0) is 73.8 Å². The van der Waals surface area contributed by atoms with Crippen molar-refractivity contribution in [2.45, 2.75) is 117 Å². The zero-order chi connectivity index (χ0) is 35.8. The maximum absolute atomic E-state index is 13.4. The van der Waals surface area contributed by atoms with Gasteiger partial charge in [0.05, 0.1) is 29.6 Å². The molecule has 0 aromatic heterocycles. The molecule has 0 aromatic carbocycles. The fourth-order valence-corrected chi connectivity index (χ4v) is 8.44. The molecule has 2 amide bonds. The van der Waals surface area contributed by atoms with Gasteiger partial charge >= 0.3 is 5.97 Å². The highest BCUT2D eigenvalue weighted by atomic mass is 16.5. The number of rotatable bonds is 12. The van der Waals surface area contributed by atoms with E-state index >= 15 is 0 Å². The standard InChI is InChI=1S/C37H57N3O8/c1-8-23-16-25(41)13-14-36(23,7)27-17-24-11-12-26(37(24,47)18-29(27)42)30(43)19-48-34(46)22(4)35(5,6)20-39-32(44)28-10-9-15-40(28)33(45)31(38)21(2)3/h13-14,16,21-22,24,26-29,31,42,47H,8-12,15,17-20,38H2,1-7H3,(H,39,44)/t22?,24-,26?,27?,28?,29?,31?,36?,37?/m0/s1. The summed E-state index contributed by atoms with van der Waals surface area (Å²) in [4.78, 5) is 66.2. The summed E-state index contributed by atoms with van der Waals surface area (Å²) >= 11 is 0. The Labute approximate surface area is 285 Å². The minimum Gasteiger partial charge on any atom is -0.457 e. The van der Waals surface area contributed by atoms with Crippen LogP contribution in [-0.4, -0.2) is 87.9 Å². The number of fused-ring (bicyclic) bond motifs is 1. The van der Waals surface area contributed by atoms with Gasteiger partial charge in [-0.1, -0.05) is 60.1 Å². The third-order valence-electron chi connectivity index (χ3n) is 12.2. The SMILES string of the molecule is CCC1=CC(=O)C=CC1(C)C1C[C@@H]2CCC(C(=O)COC(=O)C(C)C(C)(C)CNC(=O)C3CCCN3C(=O)C(N)C(C)C)C2(O)CC1O. The minimum atomic E-state index is -1.40.